The second kappa shape index (κ2) is 11.9. The molecule has 1 aliphatic rings. The zero-order valence-electron chi connectivity index (χ0n) is 21.1. The molecule has 0 fully saturated rings. The fraction of sp³-hybridized carbons (Fsp3) is 0.346. The Bertz CT molecular complexity index is 1260. The molecule has 0 aromatic heterocycles. The van der Waals surface area contributed by atoms with Crippen LogP contribution in [0.4, 0.5) is 13.2 Å². The fourth-order valence-electron chi connectivity index (χ4n) is 4.21. The van der Waals surface area contributed by atoms with Gasteiger partial charge in [0.05, 0.1) is 40.0 Å². The van der Waals surface area contributed by atoms with Crippen molar-refractivity contribution in [2.24, 2.45) is 0 Å². The van der Waals surface area contributed by atoms with Gasteiger partial charge in [0.2, 0.25) is 5.75 Å². The molecular weight excluding hydrogens is 511 g/mol. The van der Waals surface area contributed by atoms with Crippen LogP contribution in [0.5, 0.6) is 17.2 Å². The minimum atomic E-state index is -4.69. The molecule has 0 heterocycles. The monoisotopic (exact) mass is 537 g/mol. The van der Waals surface area contributed by atoms with Crippen LogP contribution in [0.3, 0.4) is 0 Å². The minimum Gasteiger partial charge on any atom is -0.493 e. The van der Waals surface area contributed by atoms with Crippen LogP contribution in [0.2, 0.25) is 0 Å². The number of ether oxygens (including phenoxy) is 5. The van der Waals surface area contributed by atoms with Gasteiger partial charge < -0.3 is 29.0 Å². The standard InChI is InChI=1S/C26H26F3NO8/c1-34-19-12-14-6-8-18(30-20(31)13-38-21(32)9-10-26(27,28)29)17-11-15(25(33)37-4)5-7-16(17)22(14)24(36-3)23(19)35-2/h5,7,9-12,18H,6,8,13H2,1-4H3,(H,30,31)/b10-9+/t18-/m0/s1. The third-order valence-electron chi connectivity index (χ3n) is 5.82. The molecule has 0 bridgehead atoms. The van der Waals surface area contributed by atoms with Crippen molar-refractivity contribution < 1.29 is 51.2 Å². The van der Waals surface area contributed by atoms with Crippen LogP contribution in [0.25, 0.3) is 11.1 Å². The van der Waals surface area contributed by atoms with Crippen LogP contribution >= 0.6 is 0 Å². The van der Waals surface area contributed by atoms with E-state index in [1.807, 2.05) is 0 Å². The van der Waals surface area contributed by atoms with Crippen LogP contribution in [-0.4, -0.2) is 59.1 Å². The van der Waals surface area contributed by atoms with E-state index < -0.39 is 36.7 Å². The number of methoxy groups -OCH3 is 4. The summed E-state index contributed by atoms with van der Waals surface area (Å²) in [5.74, 6) is -1.46. The van der Waals surface area contributed by atoms with Gasteiger partial charge in [-0.25, -0.2) is 9.59 Å². The van der Waals surface area contributed by atoms with Crippen molar-refractivity contribution in [1.29, 1.82) is 0 Å². The molecule has 9 nitrogen and oxygen atoms in total. The number of carbonyl (C=O) groups excluding carboxylic acids is 3. The molecule has 3 rings (SSSR count). The molecule has 2 aromatic carbocycles. The summed E-state index contributed by atoms with van der Waals surface area (Å²) < 4.78 is 62.9. The van der Waals surface area contributed by atoms with Crippen molar-refractivity contribution in [1.82, 2.24) is 5.32 Å². The molecule has 0 unspecified atom stereocenters. The van der Waals surface area contributed by atoms with Gasteiger partial charge in [-0.2, -0.15) is 13.2 Å². The van der Waals surface area contributed by atoms with Crippen molar-refractivity contribution in [2.75, 3.05) is 35.0 Å². The number of fused-ring (bicyclic) bond motifs is 3. The molecular formula is C26H26F3NO8. The summed E-state index contributed by atoms with van der Waals surface area (Å²) in [4.78, 5) is 36.4. The third kappa shape index (κ3) is 6.36. The zero-order valence-corrected chi connectivity index (χ0v) is 21.1. The molecule has 12 heteroatoms. The van der Waals surface area contributed by atoms with Gasteiger partial charge in [0.15, 0.2) is 18.1 Å². The first-order valence-corrected chi connectivity index (χ1v) is 11.3. The summed E-state index contributed by atoms with van der Waals surface area (Å²) in [5.41, 5.74) is 2.92. The van der Waals surface area contributed by atoms with Crippen molar-refractivity contribution in [3.05, 3.63) is 53.1 Å². The number of carbonyl (C=O) groups is 3. The minimum absolute atomic E-state index is 0.195. The molecule has 1 N–H and O–H groups in total. The Labute approximate surface area is 216 Å². The molecule has 204 valence electrons. The summed E-state index contributed by atoms with van der Waals surface area (Å²) in [6.07, 6.45) is -3.98. The van der Waals surface area contributed by atoms with Crippen LogP contribution in [0, 0.1) is 0 Å². The maximum absolute atomic E-state index is 12.6. The van der Waals surface area contributed by atoms with Gasteiger partial charge in [0.25, 0.3) is 5.91 Å². The van der Waals surface area contributed by atoms with Crippen molar-refractivity contribution >= 4 is 17.8 Å². The summed E-state index contributed by atoms with van der Waals surface area (Å²) in [5, 5.41) is 2.74. The van der Waals surface area contributed by atoms with Crippen molar-refractivity contribution in [3.8, 4) is 28.4 Å². The van der Waals surface area contributed by atoms with Crippen LogP contribution in [0.1, 0.15) is 33.9 Å². The van der Waals surface area contributed by atoms with E-state index in [-0.39, 0.29) is 17.7 Å². The summed E-state index contributed by atoms with van der Waals surface area (Å²) in [7, 11) is 5.68. The molecule has 38 heavy (non-hydrogen) atoms. The van der Waals surface area contributed by atoms with E-state index >= 15 is 0 Å². The van der Waals surface area contributed by atoms with Crippen molar-refractivity contribution in [3.63, 3.8) is 0 Å². The Morgan fingerprint density at radius 1 is 1.03 bits per heavy atom. The number of hydrogen-bond acceptors (Lipinski definition) is 8. The van der Waals surface area contributed by atoms with Gasteiger partial charge in [0, 0.05) is 17.7 Å². The summed E-state index contributed by atoms with van der Waals surface area (Å²) in [6, 6.07) is 5.98. The highest BCUT2D eigenvalue weighted by atomic mass is 19.4. The quantitative estimate of drug-likeness (QED) is 0.399. The highest BCUT2D eigenvalue weighted by Crippen LogP contribution is 2.50. The maximum Gasteiger partial charge on any atom is 0.410 e. The van der Waals surface area contributed by atoms with Gasteiger partial charge in [-0.05, 0) is 47.7 Å². The highest BCUT2D eigenvalue weighted by molar-refractivity contribution is 5.92. The third-order valence-corrected chi connectivity index (χ3v) is 5.82. The average Bonchev–Trinajstić information content (AvgIpc) is 3.04. The molecule has 0 spiro atoms. The van der Waals surface area contributed by atoms with E-state index in [0.29, 0.717) is 46.8 Å². The summed E-state index contributed by atoms with van der Waals surface area (Å²) >= 11 is 0. The van der Waals surface area contributed by atoms with E-state index in [1.54, 1.807) is 24.3 Å². The number of aryl methyl sites for hydroxylation is 1. The largest absolute Gasteiger partial charge is 0.493 e. The smallest absolute Gasteiger partial charge is 0.410 e. The lowest BCUT2D eigenvalue weighted by Crippen LogP contribution is -2.32. The predicted octanol–water partition coefficient (Wildman–Crippen LogP) is 3.93. The fourth-order valence-corrected chi connectivity index (χ4v) is 4.21. The lowest BCUT2D eigenvalue weighted by Gasteiger charge is -2.21. The molecule has 0 radical (unpaired) electrons. The lowest BCUT2D eigenvalue weighted by molar-refractivity contribution is -0.144. The van der Waals surface area contributed by atoms with E-state index in [9.17, 15) is 27.6 Å². The Kier molecular flexibility index (Phi) is 8.87. The van der Waals surface area contributed by atoms with Gasteiger partial charge in [-0.3, -0.25) is 4.79 Å². The average molecular weight is 537 g/mol. The van der Waals surface area contributed by atoms with Gasteiger partial charge in [-0.1, -0.05) is 6.07 Å². The highest BCUT2D eigenvalue weighted by Gasteiger charge is 2.30. The molecule has 1 amide bonds. The molecule has 0 saturated carbocycles. The normalized spacial score (nSPS) is 14.6. The first-order valence-electron chi connectivity index (χ1n) is 11.3. The number of allylic oxidation sites excluding steroid dienone is 1. The molecule has 1 atom stereocenters. The van der Waals surface area contributed by atoms with Crippen LogP contribution < -0.4 is 19.5 Å². The SMILES string of the molecule is COC(=O)c1ccc2c(c1)[C@@H](NC(=O)COC(=O)/C=C/C(F)(F)F)CCc1cc(OC)c(OC)c(OC)c1-2. The first kappa shape index (κ1) is 28.4. The molecule has 1 aliphatic carbocycles. The number of benzene rings is 2. The number of nitrogens with one attached hydrogen (secondary N) is 1. The number of esters is 2. The van der Waals surface area contributed by atoms with E-state index in [2.05, 4.69) is 10.1 Å². The molecule has 2 aromatic rings. The Hall–Kier alpha value is -4.22. The van der Waals surface area contributed by atoms with Gasteiger partial charge in [-0.15, -0.1) is 0 Å². The predicted molar refractivity (Wildman–Crippen MR) is 128 cm³/mol. The van der Waals surface area contributed by atoms with E-state index in [4.69, 9.17) is 18.9 Å². The molecule has 0 aliphatic heterocycles. The Balaban J connectivity index is 2.00. The zero-order chi connectivity index (χ0) is 28.0. The first-order chi connectivity index (χ1) is 18.0. The second-order valence-electron chi connectivity index (χ2n) is 8.11. The van der Waals surface area contributed by atoms with E-state index in [1.165, 1.54) is 28.4 Å². The van der Waals surface area contributed by atoms with Gasteiger partial charge >= 0.3 is 18.1 Å². The van der Waals surface area contributed by atoms with E-state index in [0.717, 1.165) is 5.56 Å². The van der Waals surface area contributed by atoms with Crippen LogP contribution in [0.15, 0.2) is 36.4 Å². The number of halogens is 3. The van der Waals surface area contributed by atoms with Gasteiger partial charge in [0.1, 0.15) is 0 Å². The topological polar surface area (TPSA) is 109 Å². The number of alkyl halides is 3. The maximum atomic E-state index is 12.6. The molecule has 0 saturated heterocycles. The number of amides is 1. The number of hydrogen-bond donors (Lipinski definition) is 1. The van der Waals surface area contributed by atoms with Crippen molar-refractivity contribution in [2.45, 2.75) is 25.1 Å². The summed E-state index contributed by atoms with van der Waals surface area (Å²) in [6.45, 7) is -0.804. The number of rotatable bonds is 8. The second-order valence-corrected chi connectivity index (χ2v) is 8.11. The lowest BCUT2D eigenvalue weighted by atomic mass is 9.92. The Morgan fingerprint density at radius 2 is 1.74 bits per heavy atom. The Morgan fingerprint density at radius 3 is 2.34 bits per heavy atom. The van der Waals surface area contributed by atoms with Crippen LogP contribution in [-0.2, 0) is 25.5 Å².